The summed E-state index contributed by atoms with van der Waals surface area (Å²) in [5.41, 5.74) is 0. The summed E-state index contributed by atoms with van der Waals surface area (Å²) in [6.45, 7) is 2.06. The first-order chi connectivity index (χ1) is 7.29. The molecular formula is C10H15ClN4. The van der Waals surface area contributed by atoms with Gasteiger partial charge in [0.25, 0.3) is 0 Å². The van der Waals surface area contributed by atoms with E-state index < -0.39 is 0 Å². The monoisotopic (exact) mass is 226 g/mol. The fourth-order valence-corrected chi connectivity index (χ4v) is 1.98. The molecule has 0 radical (unpaired) electrons. The third kappa shape index (κ3) is 2.58. The summed E-state index contributed by atoms with van der Waals surface area (Å²) >= 11 is 5.69. The maximum atomic E-state index is 5.69. The van der Waals surface area contributed by atoms with Crippen molar-refractivity contribution in [3.63, 3.8) is 0 Å². The van der Waals surface area contributed by atoms with Crippen LogP contribution in [0.5, 0.6) is 0 Å². The van der Waals surface area contributed by atoms with Crippen molar-refractivity contribution in [1.82, 2.24) is 15.5 Å². The Bertz CT molecular complexity index is 306. The van der Waals surface area contributed by atoms with Crippen LogP contribution in [0.1, 0.15) is 12.8 Å². The largest absolute Gasteiger partial charge is 0.355 e. The highest BCUT2D eigenvalue weighted by molar-refractivity contribution is 6.29. The van der Waals surface area contributed by atoms with Crippen molar-refractivity contribution >= 4 is 17.4 Å². The third-order valence-corrected chi connectivity index (χ3v) is 3.05. The first kappa shape index (κ1) is 10.6. The highest BCUT2D eigenvalue weighted by Gasteiger charge is 2.18. The van der Waals surface area contributed by atoms with Gasteiger partial charge in [0.05, 0.1) is 0 Å². The number of aromatic nitrogens is 2. The second-order valence-corrected chi connectivity index (χ2v) is 4.15. The molecule has 1 aliphatic rings. The van der Waals surface area contributed by atoms with Crippen LogP contribution in [0.4, 0.5) is 5.82 Å². The minimum atomic E-state index is 0.448. The SMILES string of the molecule is CNC1CCN(c2ccc(Cl)nn2)CC1. The minimum Gasteiger partial charge on any atom is -0.355 e. The van der Waals surface area contributed by atoms with Gasteiger partial charge >= 0.3 is 0 Å². The van der Waals surface area contributed by atoms with E-state index in [0.29, 0.717) is 11.2 Å². The van der Waals surface area contributed by atoms with E-state index in [1.54, 1.807) is 6.07 Å². The predicted octanol–water partition coefficient (Wildman–Crippen LogP) is 1.32. The smallest absolute Gasteiger partial charge is 0.151 e. The number of hydrogen-bond acceptors (Lipinski definition) is 4. The fraction of sp³-hybridized carbons (Fsp3) is 0.600. The van der Waals surface area contributed by atoms with E-state index in [0.717, 1.165) is 31.7 Å². The fourth-order valence-electron chi connectivity index (χ4n) is 1.87. The van der Waals surface area contributed by atoms with Crippen LogP contribution in [0.15, 0.2) is 12.1 Å². The van der Waals surface area contributed by atoms with Crippen LogP contribution in [0.3, 0.4) is 0 Å². The molecule has 15 heavy (non-hydrogen) atoms. The van der Waals surface area contributed by atoms with E-state index >= 15 is 0 Å². The molecule has 0 atom stereocenters. The van der Waals surface area contributed by atoms with Gasteiger partial charge in [0.15, 0.2) is 11.0 Å². The Labute approximate surface area is 94.6 Å². The summed E-state index contributed by atoms with van der Waals surface area (Å²) < 4.78 is 0. The highest BCUT2D eigenvalue weighted by atomic mass is 35.5. The molecule has 0 aliphatic carbocycles. The molecule has 4 nitrogen and oxygen atoms in total. The van der Waals surface area contributed by atoms with Gasteiger partial charge in [0.2, 0.25) is 0 Å². The van der Waals surface area contributed by atoms with Gasteiger partial charge in [-0.05, 0) is 32.0 Å². The Hall–Kier alpha value is -0.870. The Morgan fingerprint density at radius 2 is 2.07 bits per heavy atom. The Morgan fingerprint density at radius 1 is 1.33 bits per heavy atom. The molecule has 2 rings (SSSR count). The zero-order valence-electron chi connectivity index (χ0n) is 8.78. The van der Waals surface area contributed by atoms with E-state index in [9.17, 15) is 0 Å². The second kappa shape index (κ2) is 4.77. The predicted molar refractivity (Wildman–Crippen MR) is 61.3 cm³/mol. The van der Waals surface area contributed by atoms with Crippen molar-refractivity contribution in [2.24, 2.45) is 0 Å². The molecule has 0 bridgehead atoms. The molecule has 0 saturated carbocycles. The van der Waals surface area contributed by atoms with Crippen LogP contribution in [0.2, 0.25) is 5.15 Å². The maximum absolute atomic E-state index is 5.69. The highest BCUT2D eigenvalue weighted by Crippen LogP contribution is 2.17. The number of nitrogens with one attached hydrogen (secondary N) is 1. The van der Waals surface area contributed by atoms with Crippen LogP contribution in [-0.4, -0.2) is 36.4 Å². The molecule has 1 saturated heterocycles. The molecule has 82 valence electrons. The van der Waals surface area contributed by atoms with Gasteiger partial charge in [-0.3, -0.25) is 0 Å². The number of hydrogen-bond donors (Lipinski definition) is 1. The van der Waals surface area contributed by atoms with Crippen molar-refractivity contribution in [2.75, 3.05) is 25.0 Å². The van der Waals surface area contributed by atoms with Crippen LogP contribution in [0, 0.1) is 0 Å². The molecular weight excluding hydrogens is 212 g/mol. The maximum Gasteiger partial charge on any atom is 0.151 e. The zero-order valence-corrected chi connectivity index (χ0v) is 9.54. The van der Waals surface area contributed by atoms with Crippen molar-refractivity contribution in [3.05, 3.63) is 17.3 Å². The molecule has 0 amide bonds. The van der Waals surface area contributed by atoms with Crippen LogP contribution in [0.25, 0.3) is 0 Å². The molecule has 0 spiro atoms. The summed E-state index contributed by atoms with van der Waals surface area (Å²) in [5.74, 6) is 0.925. The van der Waals surface area contributed by atoms with Crippen LogP contribution < -0.4 is 10.2 Å². The lowest BCUT2D eigenvalue weighted by atomic mass is 10.1. The van der Waals surface area contributed by atoms with Crippen molar-refractivity contribution < 1.29 is 0 Å². The average molecular weight is 227 g/mol. The van der Waals surface area contributed by atoms with Gasteiger partial charge in [-0.25, -0.2) is 0 Å². The number of piperidine rings is 1. The Morgan fingerprint density at radius 3 is 2.60 bits per heavy atom. The third-order valence-electron chi connectivity index (χ3n) is 2.85. The summed E-state index contributed by atoms with van der Waals surface area (Å²) in [6, 6.07) is 4.35. The number of rotatable bonds is 2. The lowest BCUT2D eigenvalue weighted by Gasteiger charge is -2.32. The Balaban J connectivity index is 1.98. The molecule has 1 aromatic heterocycles. The van der Waals surface area contributed by atoms with Gasteiger partial charge in [-0.1, -0.05) is 11.6 Å². The summed E-state index contributed by atoms with van der Waals surface area (Å²) in [6.07, 6.45) is 2.31. The number of halogens is 1. The van der Waals surface area contributed by atoms with Crippen LogP contribution in [-0.2, 0) is 0 Å². The van der Waals surface area contributed by atoms with E-state index in [-0.39, 0.29) is 0 Å². The van der Waals surface area contributed by atoms with Crippen molar-refractivity contribution in [3.8, 4) is 0 Å². The van der Waals surface area contributed by atoms with E-state index in [1.165, 1.54) is 0 Å². The van der Waals surface area contributed by atoms with E-state index in [4.69, 9.17) is 11.6 Å². The lowest BCUT2D eigenvalue weighted by molar-refractivity contribution is 0.440. The zero-order chi connectivity index (χ0) is 10.7. The standard InChI is InChI=1S/C10H15ClN4/c1-12-8-4-6-15(7-5-8)10-3-2-9(11)13-14-10/h2-3,8,12H,4-7H2,1H3. The number of anilines is 1. The minimum absolute atomic E-state index is 0.448. The Kier molecular flexibility index (Phi) is 3.38. The van der Waals surface area contributed by atoms with Gasteiger partial charge in [0, 0.05) is 19.1 Å². The van der Waals surface area contributed by atoms with Gasteiger partial charge in [-0.15, -0.1) is 10.2 Å². The summed E-state index contributed by atoms with van der Waals surface area (Å²) in [5, 5.41) is 11.7. The topological polar surface area (TPSA) is 41.0 Å². The average Bonchev–Trinajstić information content (AvgIpc) is 2.30. The van der Waals surface area contributed by atoms with Crippen molar-refractivity contribution in [1.29, 1.82) is 0 Å². The van der Waals surface area contributed by atoms with Crippen LogP contribution >= 0.6 is 11.6 Å². The molecule has 1 N–H and O–H groups in total. The molecule has 1 aromatic rings. The first-order valence-electron chi connectivity index (χ1n) is 5.21. The molecule has 0 unspecified atom stereocenters. The van der Waals surface area contributed by atoms with Gasteiger partial charge in [0.1, 0.15) is 0 Å². The van der Waals surface area contributed by atoms with Crippen molar-refractivity contribution in [2.45, 2.75) is 18.9 Å². The van der Waals surface area contributed by atoms with E-state index in [2.05, 4.69) is 20.4 Å². The quantitative estimate of drug-likeness (QED) is 0.826. The summed E-state index contributed by atoms with van der Waals surface area (Å²) in [7, 11) is 2.02. The normalized spacial score (nSPS) is 18.1. The number of nitrogens with zero attached hydrogens (tertiary/aromatic N) is 3. The molecule has 1 fully saturated rings. The van der Waals surface area contributed by atoms with E-state index in [1.807, 2.05) is 13.1 Å². The van der Waals surface area contributed by atoms with Gasteiger partial charge in [-0.2, -0.15) is 0 Å². The first-order valence-corrected chi connectivity index (χ1v) is 5.59. The van der Waals surface area contributed by atoms with Gasteiger partial charge < -0.3 is 10.2 Å². The second-order valence-electron chi connectivity index (χ2n) is 3.76. The molecule has 0 aromatic carbocycles. The molecule has 5 heteroatoms. The summed E-state index contributed by atoms with van der Waals surface area (Å²) in [4.78, 5) is 2.25. The molecule has 2 heterocycles. The lowest BCUT2D eigenvalue weighted by Crippen LogP contribution is -2.41. The molecule has 1 aliphatic heterocycles.